The minimum atomic E-state index is 0.503. The van der Waals surface area contributed by atoms with Crippen LogP contribution in [0.1, 0.15) is 29.0 Å². The molecule has 1 N–H and O–H groups in total. The Labute approximate surface area is 84.1 Å². The second kappa shape index (κ2) is 2.63. The van der Waals surface area contributed by atoms with Gasteiger partial charge in [0.2, 0.25) is 0 Å². The standard InChI is InChI=1S/C13H14O/c1-8-5-11-10-4-2-3-9(10)7-12(11)13(14)6-8/h2,4-6,9-10,14H,3,7H2,1H3. The SMILES string of the molecule is Cc1cc(O)c2c(c1)C1C=CCC1C2. The molecule has 72 valence electrons. The molecule has 0 radical (unpaired) electrons. The molecule has 2 unspecified atom stereocenters. The number of aryl methyl sites for hydroxylation is 1. The van der Waals surface area contributed by atoms with Crippen LogP contribution in [0.25, 0.3) is 0 Å². The largest absolute Gasteiger partial charge is 0.508 e. The summed E-state index contributed by atoms with van der Waals surface area (Å²) in [5.74, 6) is 1.80. The van der Waals surface area contributed by atoms with E-state index in [4.69, 9.17) is 0 Å². The second-order valence-corrected chi connectivity index (χ2v) is 4.51. The van der Waals surface area contributed by atoms with E-state index in [9.17, 15) is 5.11 Å². The van der Waals surface area contributed by atoms with Crippen LogP contribution in [0.3, 0.4) is 0 Å². The molecule has 3 rings (SSSR count). The highest BCUT2D eigenvalue weighted by atomic mass is 16.3. The molecule has 0 amide bonds. The normalized spacial score (nSPS) is 27.8. The summed E-state index contributed by atoms with van der Waals surface area (Å²) >= 11 is 0. The lowest BCUT2D eigenvalue weighted by Gasteiger charge is -2.09. The van der Waals surface area contributed by atoms with E-state index >= 15 is 0 Å². The van der Waals surface area contributed by atoms with Gasteiger partial charge in [0.25, 0.3) is 0 Å². The first-order chi connectivity index (χ1) is 6.75. The minimum Gasteiger partial charge on any atom is -0.508 e. The van der Waals surface area contributed by atoms with Gasteiger partial charge in [-0.25, -0.2) is 0 Å². The molecule has 2 aliphatic carbocycles. The monoisotopic (exact) mass is 186 g/mol. The summed E-state index contributed by atoms with van der Waals surface area (Å²) in [6, 6.07) is 4.11. The van der Waals surface area contributed by atoms with E-state index < -0.39 is 0 Å². The molecule has 0 heterocycles. The van der Waals surface area contributed by atoms with Gasteiger partial charge in [-0.15, -0.1) is 0 Å². The zero-order valence-corrected chi connectivity index (χ0v) is 8.33. The lowest BCUT2D eigenvalue weighted by molar-refractivity contribution is 0.464. The summed E-state index contributed by atoms with van der Waals surface area (Å²) in [4.78, 5) is 0. The third-order valence-corrected chi connectivity index (χ3v) is 3.52. The average molecular weight is 186 g/mol. The summed E-state index contributed by atoms with van der Waals surface area (Å²) < 4.78 is 0. The highest BCUT2D eigenvalue weighted by Crippen LogP contribution is 2.47. The van der Waals surface area contributed by atoms with Crippen molar-refractivity contribution in [1.29, 1.82) is 0 Å². The zero-order valence-electron chi connectivity index (χ0n) is 8.33. The van der Waals surface area contributed by atoms with Gasteiger partial charge in [-0.05, 0) is 48.4 Å². The molecule has 0 saturated heterocycles. The number of rotatable bonds is 0. The predicted molar refractivity (Wildman–Crippen MR) is 56.5 cm³/mol. The van der Waals surface area contributed by atoms with Crippen molar-refractivity contribution >= 4 is 0 Å². The maximum absolute atomic E-state index is 9.84. The van der Waals surface area contributed by atoms with Gasteiger partial charge in [-0.3, -0.25) is 0 Å². The van der Waals surface area contributed by atoms with Crippen molar-refractivity contribution in [2.45, 2.75) is 25.7 Å². The Bertz CT molecular complexity index is 417. The minimum absolute atomic E-state index is 0.503. The van der Waals surface area contributed by atoms with E-state index in [0.717, 1.165) is 12.3 Å². The van der Waals surface area contributed by atoms with Crippen molar-refractivity contribution in [3.05, 3.63) is 41.0 Å². The smallest absolute Gasteiger partial charge is 0.119 e. The number of allylic oxidation sites excluding steroid dienone is 2. The van der Waals surface area contributed by atoms with Crippen molar-refractivity contribution < 1.29 is 5.11 Å². The van der Waals surface area contributed by atoms with Gasteiger partial charge in [0.05, 0.1) is 0 Å². The van der Waals surface area contributed by atoms with E-state index in [-0.39, 0.29) is 0 Å². The number of fused-ring (bicyclic) bond motifs is 3. The summed E-state index contributed by atoms with van der Waals surface area (Å²) in [7, 11) is 0. The molecule has 1 nitrogen and oxygen atoms in total. The number of phenols is 1. The van der Waals surface area contributed by atoms with Gasteiger partial charge in [0.15, 0.2) is 0 Å². The fourth-order valence-electron chi connectivity index (χ4n) is 2.88. The Hall–Kier alpha value is -1.24. The van der Waals surface area contributed by atoms with Crippen LogP contribution >= 0.6 is 0 Å². The van der Waals surface area contributed by atoms with Crippen molar-refractivity contribution in [3.8, 4) is 5.75 Å². The summed E-state index contributed by atoms with van der Waals surface area (Å²) in [6.07, 6.45) is 6.81. The maximum Gasteiger partial charge on any atom is 0.119 e. The van der Waals surface area contributed by atoms with E-state index in [1.54, 1.807) is 0 Å². The first kappa shape index (κ1) is 8.10. The number of aromatic hydroxyl groups is 1. The van der Waals surface area contributed by atoms with E-state index in [0.29, 0.717) is 11.7 Å². The van der Waals surface area contributed by atoms with Crippen molar-refractivity contribution in [2.75, 3.05) is 0 Å². The topological polar surface area (TPSA) is 20.2 Å². The molecule has 0 fully saturated rings. The Morgan fingerprint density at radius 3 is 3.07 bits per heavy atom. The molecule has 0 spiro atoms. The van der Waals surface area contributed by atoms with E-state index in [1.165, 1.54) is 23.1 Å². The molecule has 1 aromatic rings. The molecule has 0 bridgehead atoms. The molecule has 2 aliphatic rings. The second-order valence-electron chi connectivity index (χ2n) is 4.51. The van der Waals surface area contributed by atoms with Gasteiger partial charge in [0.1, 0.15) is 5.75 Å². The van der Waals surface area contributed by atoms with Gasteiger partial charge in [-0.1, -0.05) is 18.2 Å². The van der Waals surface area contributed by atoms with Crippen molar-refractivity contribution in [3.63, 3.8) is 0 Å². The van der Waals surface area contributed by atoms with Gasteiger partial charge in [-0.2, -0.15) is 0 Å². The fraction of sp³-hybridized carbons (Fsp3) is 0.385. The third kappa shape index (κ3) is 0.955. The Morgan fingerprint density at radius 1 is 1.36 bits per heavy atom. The summed E-state index contributed by atoms with van der Waals surface area (Å²) in [5, 5.41) is 9.84. The number of hydrogen-bond acceptors (Lipinski definition) is 1. The van der Waals surface area contributed by atoms with Crippen LogP contribution < -0.4 is 0 Å². The molecule has 0 aliphatic heterocycles. The number of phenolic OH excluding ortho intramolecular Hbond substituents is 1. The average Bonchev–Trinajstić information content (AvgIpc) is 2.65. The third-order valence-electron chi connectivity index (χ3n) is 3.52. The van der Waals surface area contributed by atoms with Crippen LogP contribution in [0.5, 0.6) is 5.75 Å². The summed E-state index contributed by atoms with van der Waals surface area (Å²) in [6.45, 7) is 2.05. The molecule has 1 heteroatoms. The highest BCUT2D eigenvalue weighted by molar-refractivity contribution is 5.50. The van der Waals surface area contributed by atoms with E-state index in [1.807, 2.05) is 13.0 Å². The van der Waals surface area contributed by atoms with E-state index in [2.05, 4.69) is 18.2 Å². The fourth-order valence-corrected chi connectivity index (χ4v) is 2.88. The van der Waals surface area contributed by atoms with Crippen molar-refractivity contribution in [1.82, 2.24) is 0 Å². The van der Waals surface area contributed by atoms with Crippen LogP contribution in [0.15, 0.2) is 24.3 Å². The molecule has 1 aromatic carbocycles. The van der Waals surface area contributed by atoms with Crippen LogP contribution in [0.4, 0.5) is 0 Å². The number of benzene rings is 1. The maximum atomic E-state index is 9.84. The van der Waals surface area contributed by atoms with Crippen molar-refractivity contribution in [2.24, 2.45) is 5.92 Å². The highest BCUT2D eigenvalue weighted by Gasteiger charge is 2.34. The molecule has 2 atom stereocenters. The summed E-state index contributed by atoms with van der Waals surface area (Å²) in [5.41, 5.74) is 3.72. The molecule has 0 saturated carbocycles. The van der Waals surface area contributed by atoms with Crippen LogP contribution in [0, 0.1) is 12.8 Å². The van der Waals surface area contributed by atoms with Crippen LogP contribution in [-0.2, 0) is 6.42 Å². The lowest BCUT2D eigenvalue weighted by Crippen LogP contribution is -1.98. The first-order valence-electron chi connectivity index (χ1n) is 5.25. The Balaban J connectivity index is 2.19. The first-order valence-corrected chi connectivity index (χ1v) is 5.25. The zero-order chi connectivity index (χ0) is 9.71. The lowest BCUT2D eigenvalue weighted by atomic mass is 9.96. The van der Waals surface area contributed by atoms with Gasteiger partial charge >= 0.3 is 0 Å². The number of hydrogen-bond donors (Lipinski definition) is 1. The molecular formula is C13H14O. The van der Waals surface area contributed by atoms with Gasteiger partial charge in [0, 0.05) is 5.92 Å². The molecular weight excluding hydrogens is 172 g/mol. The van der Waals surface area contributed by atoms with Crippen LogP contribution in [0.2, 0.25) is 0 Å². The molecule has 14 heavy (non-hydrogen) atoms. The quantitative estimate of drug-likeness (QED) is 0.618. The molecule has 0 aromatic heterocycles. The Kier molecular flexibility index (Phi) is 1.52. The Morgan fingerprint density at radius 2 is 2.21 bits per heavy atom. The van der Waals surface area contributed by atoms with Crippen LogP contribution in [-0.4, -0.2) is 5.11 Å². The predicted octanol–water partition coefficient (Wildman–Crippen LogP) is 2.92. The van der Waals surface area contributed by atoms with Gasteiger partial charge < -0.3 is 5.11 Å².